The lowest BCUT2D eigenvalue weighted by atomic mass is 10.0. The van der Waals surface area contributed by atoms with Crippen LogP contribution in [0.25, 0.3) is 0 Å². The summed E-state index contributed by atoms with van der Waals surface area (Å²) < 4.78 is 4.62. The normalized spacial score (nSPS) is 22.5. The standard InChI is InChI=1S/C11H20N4S/c1-3-10-6-4-5-7-14(10)9-15-11(16)13(2)8-12-15/h8,10H,3-7,9H2,1-2H3/t10-/m0/s1. The third kappa shape index (κ3) is 2.35. The SMILES string of the molecule is CC[C@H]1CCCCN1Cn1ncn(C)c1=S. The molecule has 0 unspecified atom stereocenters. The molecule has 0 aliphatic carbocycles. The minimum atomic E-state index is 0.706. The van der Waals surface area contributed by atoms with Crippen LogP contribution in [0.3, 0.4) is 0 Å². The molecular formula is C11H20N4S. The van der Waals surface area contributed by atoms with E-state index in [-0.39, 0.29) is 0 Å². The first kappa shape index (κ1) is 11.8. The number of rotatable bonds is 3. The van der Waals surface area contributed by atoms with Crippen molar-refractivity contribution in [2.75, 3.05) is 6.54 Å². The Morgan fingerprint density at radius 2 is 2.31 bits per heavy atom. The van der Waals surface area contributed by atoms with E-state index in [4.69, 9.17) is 12.2 Å². The monoisotopic (exact) mass is 240 g/mol. The molecule has 2 heterocycles. The second kappa shape index (κ2) is 5.10. The molecule has 1 aromatic rings. The Bertz CT molecular complexity index is 395. The molecule has 5 heteroatoms. The zero-order chi connectivity index (χ0) is 11.5. The van der Waals surface area contributed by atoms with Crippen molar-refractivity contribution in [3.8, 4) is 0 Å². The van der Waals surface area contributed by atoms with Crippen molar-refractivity contribution in [3.63, 3.8) is 0 Å². The van der Waals surface area contributed by atoms with Crippen LogP contribution in [0.1, 0.15) is 32.6 Å². The first-order valence-corrected chi connectivity index (χ1v) is 6.45. The molecule has 2 rings (SSSR count). The van der Waals surface area contributed by atoms with Gasteiger partial charge >= 0.3 is 0 Å². The minimum Gasteiger partial charge on any atom is -0.310 e. The predicted molar refractivity (Wildman–Crippen MR) is 66.7 cm³/mol. The van der Waals surface area contributed by atoms with E-state index in [1.807, 2.05) is 16.3 Å². The highest BCUT2D eigenvalue weighted by molar-refractivity contribution is 7.71. The van der Waals surface area contributed by atoms with Gasteiger partial charge in [0.25, 0.3) is 0 Å². The maximum Gasteiger partial charge on any atom is 0.198 e. The van der Waals surface area contributed by atoms with Crippen LogP contribution in [-0.4, -0.2) is 31.8 Å². The summed E-state index contributed by atoms with van der Waals surface area (Å²) in [4.78, 5) is 2.51. The molecule has 1 fully saturated rings. The van der Waals surface area contributed by atoms with E-state index < -0.39 is 0 Å². The number of piperidine rings is 1. The second-order valence-electron chi connectivity index (χ2n) is 4.54. The molecule has 1 aromatic heterocycles. The van der Waals surface area contributed by atoms with E-state index in [1.54, 1.807) is 6.33 Å². The summed E-state index contributed by atoms with van der Waals surface area (Å²) in [5, 5.41) is 4.31. The van der Waals surface area contributed by atoms with Crippen LogP contribution in [0.5, 0.6) is 0 Å². The summed E-state index contributed by atoms with van der Waals surface area (Å²) >= 11 is 5.31. The second-order valence-corrected chi connectivity index (χ2v) is 4.90. The Morgan fingerprint density at radius 3 is 2.94 bits per heavy atom. The Balaban J connectivity index is 2.08. The van der Waals surface area contributed by atoms with E-state index in [9.17, 15) is 0 Å². The molecule has 0 amide bonds. The molecule has 0 N–H and O–H groups in total. The molecule has 1 atom stereocenters. The molecule has 0 saturated carbocycles. The highest BCUT2D eigenvalue weighted by atomic mass is 32.1. The summed E-state index contributed by atoms with van der Waals surface area (Å²) in [6.07, 6.45) is 6.99. The molecular weight excluding hydrogens is 220 g/mol. The highest BCUT2D eigenvalue weighted by Gasteiger charge is 2.21. The fourth-order valence-electron chi connectivity index (χ4n) is 2.40. The summed E-state index contributed by atoms with van der Waals surface area (Å²) in [6, 6.07) is 0.706. The molecule has 90 valence electrons. The van der Waals surface area contributed by atoms with Crippen molar-refractivity contribution in [2.45, 2.75) is 45.3 Å². The van der Waals surface area contributed by atoms with Crippen molar-refractivity contribution in [1.29, 1.82) is 0 Å². The van der Waals surface area contributed by atoms with Crippen molar-refractivity contribution in [1.82, 2.24) is 19.2 Å². The molecule has 1 saturated heterocycles. The molecule has 0 radical (unpaired) electrons. The first-order chi connectivity index (χ1) is 7.72. The van der Waals surface area contributed by atoms with Gasteiger partial charge in [0, 0.05) is 19.6 Å². The maximum atomic E-state index is 5.31. The molecule has 0 bridgehead atoms. The van der Waals surface area contributed by atoms with Gasteiger partial charge in [0.05, 0.1) is 6.67 Å². The van der Waals surface area contributed by atoms with Crippen LogP contribution in [0.4, 0.5) is 0 Å². The lowest BCUT2D eigenvalue weighted by molar-refractivity contribution is 0.100. The fourth-order valence-corrected chi connectivity index (χ4v) is 2.55. The number of nitrogens with zero attached hydrogens (tertiary/aromatic N) is 4. The molecule has 0 spiro atoms. The number of aryl methyl sites for hydroxylation is 1. The van der Waals surface area contributed by atoms with Crippen LogP contribution in [0, 0.1) is 4.77 Å². The van der Waals surface area contributed by atoms with Crippen LogP contribution in [0.15, 0.2) is 6.33 Å². The number of likely N-dealkylation sites (tertiary alicyclic amines) is 1. The summed E-state index contributed by atoms with van der Waals surface area (Å²) in [7, 11) is 1.94. The van der Waals surface area contributed by atoms with Gasteiger partial charge in [-0.25, -0.2) is 4.68 Å². The predicted octanol–water partition coefficient (Wildman–Crippen LogP) is 2.17. The summed E-state index contributed by atoms with van der Waals surface area (Å²) in [5.41, 5.74) is 0. The quantitative estimate of drug-likeness (QED) is 0.757. The molecule has 1 aliphatic rings. The zero-order valence-corrected chi connectivity index (χ0v) is 10.9. The van der Waals surface area contributed by atoms with Gasteiger partial charge in [-0.2, -0.15) is 5.10 Å². The smallest absolute Gasteiger partial charge is 0.198 e. The third-order valence-electron chi connectivity index (χ3n) is 3.42. The average molecular weight is 240 g/mol. The van der Waals surface area contributed by atoms with Gasteiger partial charge in [0.2, 0.25) is 0 Å². The van der Waals surface area contributed by atoms with Gasteiger partial charge in [0.15, 0.2) is 4.77 Å². The number of hydrogen-bond acceptors (Lipinski definition) is 3. The van der Waals surface area contributed by atoms with Gasteiger partial charge in [0.1, 0.15) is 6.33 Å². The van der Waals surface area contributed by atoms with E-state index >= 15 is 0 Å². The first-order valence-electron chi connectivity index (χ1n) is 6.05. The van der Waals surface area contributed by atoms with Gasteiger partial charge < -0.3 is 4.57 Å². The van der Waals surface area contributed by atoms with Gasteiger partial charge in [-0.15, -0.1) is 0 Å². The van der Waals surface area contributed by atoms with Crippen LogP contribution in [0.2, 0.25) is 0 Å². The van der Waals surface area contributed by atoms with Crippen LogP contribution >= 0.6 is 12.2 Å². The molecule has 4 nitrogen and oxygen atoms in total. The molecule has 1 aliphatic heterocycles. The van der Waals surface area contributed by atoms with Gasteiger partial charge in [-0.05, 0) is 31.5 Å². The van der Waals surface area contributed by atoms with Crippen molar-refractivity contribution in [2.24, 2.45) is 7.05 Å². The van der Waals surface area contributed by atoms with Crippen molar-refractivity contribution in [3.05, 3.63) is 11.1 Å². The van der Waals surface area contributed by atoms with E-state index in [2.05, 4.69) is 16.9 Å². The Morgan fingerprint density at radius 1 is 1.50 bits per heavy atom. The van der Waals surface area contributed by atoms with E-state index in [0.717, 1.165) is 11.4 Å². The van der Waals surface area contributed by atoms with Crippen molar-refractivity contribution < 1.29 is 0 Å². The van der Waals surface area contributed by atoms with Gasteiger partial charge in [-0.3, -0.25) is 4.90 Å². The lowest BCUT2D eigenvalue weighted by Gasteiger charge is -2.34. The summed E-state index contributed by atoms with van der Waals surface area (Å²) in [5.74, 6) is 0. The Kier molecular flexibility index (Phi) is 3.76. The van der Waals surface area contributed by atoms with Gasteiger partial charge in [-0.1, -0.05) is 13.3 Å². The molecule has 0 aromatic carbocycles. The van der Waals surface area contributed by atoms with Crippen LogP contribution in [-0.2, 0) is 13.7 Å². The van der Waals surface area contributed by atoms with Crippen molar-refractivity contribution >= 4 is 12.2 Å². The highest BCUT2D eigenvalue weighted by Crippen LogP contribution is 2.19. The Labute approximate surface area is 102 Å². The number of hydrogen-bond donors (Lipinski definition) is 0. The van der Waals surface area contributed by atoms with E-state index in [1.165, 1.54) is 32.2 Å². The maximum absolute atomic E-state index is 5.31. The number of aromatic nitrogens is 3. The topological polar surface area (TPSA) is 26.0 Å². The third-order valence-corrected chi connectivity index (χ3v) is 3.92. The lowest BCUT2D eigenvalue weighted by Crippen LogP contribution is -2.40. The minimum absolute atomic E-state index is 0.706. The Hall–Kier alpha value is -0.680. The average Bonchev–Trinajstić information content (AvgIpc) is 2.62. The van der Waals surface area contributed by atoms with Crippen LogP contribution < -0.4 is 0 Å². The summed E-state index contributed by atoms with van der Waals surface area (Å²) in [6.45, 7) is 4.29. The molecule has 16 heavy (non-hydrogen) atoms. The fraction of sp³-hybridized carbons (Fsp3) is 0.818. The van der Waals surface area contributed by atoms with E-state index in [0.29, 0.717) is 6.04 Å². The zero-order valence-electron chi connectivity index (χ0n) is 10.1. The largest absolute Gasteiger partial charge is 0.310 e.